The molecule has 0 radical (unpaired) electrons. The molecule has 0 bridgehead atoms. The van der Waals surface area contributed by atoms with Crippen LogP contribution < -0.4 is 10.2 Å². The molecule has 0 amide bonds. The van der Waals surface area contributed by atoms with Crippen molar-refractivity contribution < 1.29 is 4.74 Å². The van der Waals surface area contributed by atoms with Crippen LogP contribution in [0.4, 0.5) is 5.69 Å². The molecule has 0 spiro atoms. The Hall–Kier alpha value is -2.27. The van der Waals surface area contributed by atoms with Crippen molar-refractivity contribution >= 4 is 28.3 Å². The Morgan fingerprint density at radius 1 is 1.14 bits per heavy atom. The van der Waals surface area contributed by atoms with Gasteiger partial charge in [0.1, 0.15) is 5.75 Å². The normalized spacial score (nSPS) is 18.4. The average molecular weight is 309 g/mol. The molecule has 0 aromatic heterocycles. The topological polar surface area (TPSA) is 46.0 Å². The maximum atomic E-state index is 5.54. The largest absolute Gasteiger partial charge is 0.493 e. The number of hydrogen-bond donors (Lipinski definition) is 1. The highest BCUT2D eigenvalue weighted by atomic mass is 32.2. The Labute approximate surface area is 133 Å². The van der Waals surface area contributed by atoms with Crippen LogP contribution in [0.15, 0.2) is 58.6 Å². The molecule has 0 unspecified atom stereocenters. The van der Waals surface area contributed by atoms with Gasteiger partial charge in [-0.3, -0.25) is 5.43 Å². The highest BCUT2D eigenvalue weighted by molar-refractivity contribution is 8.14. The fraction of sp³-hybridized carbons (Fsp3) is 0.176. The van der Waals surface area contributed by atoms with Gasteiger partial charge < -0.3 is 4.74 Å². The Kier molecular flexibility index (Phi) is 3.56. The minimum Gasteiger partial charge on any atom is -0.493 e. The molecule has 110 valence electrons. The van der Waals surface area contributed by atoms with E-state index in [-0.39, 0.29) is 0 Å². The highest BCUT2D eigenvalue weighted by Crippen LogP contribution is 2.27. The number of nitrogens with zero attached hydrogens (tertiary/aromatic N) is 2. The minimum atomic E-state index is 0.784. The van der Waals surface area contributed by atoms with E-state index in [1.807, 2.05) is 36.4 Å². The second-order valence-corrected chi connectivity index (χ2v) is 6.10. The number of hydrazone groups is 1. The van der Waals surface area contributed by atoms with Crippen LogP contribution in [-0.4, -0.2) is 23.2 Å². The van der Waals surface area contributed by atoms with Gasteiger partial charge in [0.05, 0.1) is 18.0 Å². The Morgan fingerprint density at radius 2 is 2.05 bits per heavy atom. The van der Waals surface area contributed by atoms with Gasteiger partial charge in [-0.1, -0.05) is 30.0 Å². The fourth-order valence-electron chi connectivity index (χ4n) is 2.51. The van der Waals surface area contributed by atoms with E-state index in [1.165, 1.54) is 5.56 Å². The first-order chi connectivity index (χ1) is 10.9. The van der Waals surface area contributed by atoms with Crippen molar-refractivity contribution in [3.8, 4) is 5.75 Å². The smallest absolute Gasteiger partial charge is 0.182 e. The summed E-state index contributed by atoms with van der Waals surface area (Å²) in [5.41, 5.74) is 7.47. The molecule has 2 aromatic carbocycles. The van der Waals surface area contributed by atoms with Crippen LogP contribution in [0.1, 0.15) is 11.1 Å². The lowest BCUT2D eigenvalue weighted by atomic mass is 10.1. The minimum absolute atomic E-state index is 0.784. The zero-order valence-corrected chi connectivity index (χ0v) is 12.8. The second-order valence-electron chi connectivity index (χ2n) is 5.13. The van der Waals surface area contributed by atoms with Crippen molar-refractivity contribution in [1.82, 2.24) is 5.43 Å². The summed E-state index contributed by atoms with van der Waals surface area (Å²) >= 11 is 1.67. The maximum absolute atomic E-state index is 5.54. The number of rotatable bonds is 2. The first-order valence-electron chi connectivity index (χ1n) is 7.24. The molecule has 4 nitrogen and oxygen atoms in total. The summed E-state index contributed by atoms with van der Waals surface area (Å²) in [5, 5.41) is 5.31. The third kappa shape index (κ3) is 2.72. The van der Waals surface area contributed by atoms with Crippen LogP contribution in [0.5, 0.6) is 5.75 Å². The molecule has 2 aromatic rings. The predicted molar refractivity (Wildman–Crippen MR) is 91.3 cm³/mol. The molecule has 2 aliphatic rings. The van der Waals surface area contributed by atoms with Crippen molar-refractivity contribution in [2.45, 2.75) is 6.42 Å². The quantitative estimate of drug-likeness (QED) is 0.925. The van der Waals surface area contributed by atoms with Gasteiger partial charge in [-0.05, 0) is 41.5 Å². The van der Waals surface area contributed by atoms with E-state index in [2.05, 4.69) is 27.7 Å². The van der Waals surface area contributed by atoms with Gasteiger partial charge in [0.15, 0.2) is 5.17 Å². The number of fused-ring (bicyclic) bond motifs is 1. The van der Waals surface area contributed by atoms with E-state index in [1.54, 1.807) is 11.8 Å². The van der Waals surface area contributed by atoms with Crippen molar-refractivity contribution in [2.75, 3.05) is 12.4 Å². The molecule has 2 heterocycles. The molecule has 0 fully saturated rings. The molecule has 5 heteroatoms. The van der Waals surface area contributed by atoms with E-state index in [0.717, 1.165) is 46.7 Å². The lowest BCUT2D eigenvalue weighted by molar-refractivity contribution is 0.357. The van der Waals surface area contributed by atoms with Crippen LogP contribution in [0.3, 0.4) is 0 Å². The Balaban J connectivity index is 1.53. The van der Waals surface area contributed by atoms with E-state index in [9.17, 15) is 0 Å². The maximum Gasteiger partial charge on any atom is 0.182 e. The number of aliphatic imine (C=N–C) groups is 1. The second kappa shape index (κ2) is 5.85. The van der Waals surface area contributed by atoms with Gasteiger partial charge >= 0.3 is 0 Å². The number of benzene rings is 2. The van der Waals surface area contributed by atoms with Gasteiger partial charge in [-0.25, -0.2) is 4.99 Å². The molecular formula is C17H15N3OS. The standard InChI is InChI=1S/C17H15N3OS/c1-2-4-14(5-3-1)18-17-20-19-15(11-22-17)12-6-7-16-13(10-12)8-9-21-16/h1-7,10H,8-9,11H2,(H,18,20). The molecule has 4 rings (SSSR count). The summed E-state index contributed by atoms with van der Waals surface area (Å²) < 4.78 is 5.54. The van der Waals surface area contributed by atoms with E-state index in [4.69, 9.17) is 4.74 Å². The molecule has 2 aliphatic heterocycles. The molecule has 0 saturated heterocycles. The lowest BCUT2D eigenvalue weighted by Gasteiger charge is -2.15. The van der Waals surface area contributed by atoms with E-state index >= 15 is 0 Å². The number of nitrogens with one attached hydrogen (secondary N) is 1. The average Bonchev–Trinajstić information content (AvgIpc) is 3.04. The molecule has 0 saturated carbocycles. The third-order valence-electron chi connectivity index (χ3n) is 3.64. The summed E-state index contributed by atoms with van der Waals surface area (Å²) in [6.45, 7) is 0.784. The SMILES string of the molecule is c1ccc(N=C2NN=C(c3ccc4c(c3)CCO4)CS2)cc1. The molecular weight excluding hydrogens is 294 g/mol. The first kappa shape index (κ1) is 13.4. The van der Waals surface area contributed by atoms with E-state index in [0.29, 0.717) is 0 Å². The van der Waals surface area contributed by atoms with Crippen molar-refractivity contribution in [1.29, 1.82) is 0 Å². The number of hydrogen-bond acceptors (Lipinski definition) is 4. The molecule has 1 N–H and O–H groups in total. The van der Waals surface area contributed by atoms with Gasteiger partial charge in [0.2, 0.25) is 0 Å². The van der Waals surface area contributed by atoms with Crippen LogP contribution in [0.25, 0.3) is 0 Å². The number of para-hydroxylation sites is 1. The third-order valence-corrected chi connectivity index (χ3v) is 4.52. The summed E-state index contributed by atoms with van der Waals surface area (Å²) in [7, 11) is 0. The van der Waals surface area contributed by atoms with Gasteiger partial charge in [0.25, 0.3) is 0 Å². The predicted octanol–water partition coefficient (Wildman–Crippen LogP) is 3.35. The highest BCUT2D eigenvalue weighted by Gasteiger charge is 2.17. The van der Waals surface area contributed by atoms with Gasteiger partial charge in [-0.15, -0.1) is 0 Å². The Bertz CT molecular complexity index is 756. The van der Waals surface area contributed by atoms with Crippen LogP contribution >= 0.6 is 11.8 Å². The van der Waals surface area contributed by atoms with Gasteiger partial charge in [0, 0.05) is 12.2 Å². The summed E-state index contributed by atoms with van der Waals surface area (Å²) in [6.07, 6.45) is 0.984. The number of amidine groups is 1. The van der Waals surface area contributed by atoms with Crippen molar-refractivity contribution in [3.63, 3.8) is 0 Å². The van der Waals surface area contributed by atoms with E-state index < -0.39 is 0 Å². The lowest BCUT2D eigenvalue weighted by Crippen LogP contribution is -2.25. The fourth-order valence-corrected chi connectivity index (χ4v) is 3.29. The van der Waals surface area contributed by atoms with Crippen LogP contribution in [-0.2, 0) is 6.42 Å². The van der Waals surface area contributed by atoms with Crippen LogP contribution in [0.2, 0.25) is 0 Å². The first-order valence-corrected chi connectivity index (χ1v) is 8.22. The number of thioether (sulfide) groups is 1. The number of ether oxygens (including phenoxy) is 1. The summed E-state index contributed by atoms with van der Waals surface area (Å²) in [6, 6.07) is 16.2. The molecule has 0 aliphatic carbocycles. The van der Waals surface area contributed by atoms with Crippen molar-refractivity contribution in [3.05, 3.63) is 59.7 Å². The zero-order valence-electron chi connectivity index (χ0n) is 12.0. The zero-order chi connectivity index (χ0) is 14.8. The Morgan fingerprint density at radius 3 is 2.86 bits per heavy atom. The summed E-state index contributed by atoms with van der Waals surface area (Å²) in [4.78, 5) is 4.55. The molecule has 0 atom stereocenters. The van der Waals surface area contributed by atoms with Crippen molar-refractivity contribution in [2.24, 2.45) is 10.1 Å². The molecule has 22 heavy (non-hydrogen) atoms. The van der Waals surface area contributed by atoms with Crippen LogP contribution in [0, 0.1) is 0 Å². The monoisotopic (exact) mass is 309 g/mol. The summed E-state index contributed by atoms with van der Waals surface area (Å²) in [5.74, 6) is 1.82. The van der Waals surface area contributed by atoms with Gasteiger partial charge in [-0.2, -0.15) is 5.10 Å².